The van der Waals surface area contributed by atoms with Crippen molar-refractivity contribution in [3.05, 3.63) is 58.6 Å². The number of hydrogen-bond acceptors (Lipinski definition) is 7. The van der Waals surface area contributed by atoms with Crippen molar-refractivity contribution in [3.63, 3.8) is 0 Å². The van der Waals surface area contributed by atoms with Crippen molar-refractivity contribution in [1.82, 2.24) is 20.4 Å². The third-order valence-corrected chi connectivity index (χ3v) is 6.28. The summed E-state index contributed by atoms with van der Waals surface area (Å²) in [5.41, 5.74) is 5.49. The highest BCUT2D eigenvalue weighted by Gasteiger charge is 2.38. The monoisotopic (exact) mass is 440 g/mol. The quantitative estimate of drug-likeness (QED) is 0.609. The highest BCUT2D eigenvalue weighted by atomic mass is 32.1. The van der Waals surface area contributed by atoms with Gasteiger partial charge in [0.2, 0.25) is 11.8 Å². The summed E-state index contributed by atoms with van der Waals surface area (Å²) in [4.78, 5) is 32.4. The third kappa shape index (κ3) is 4.83. The van der Waals surface area contributed by atoms with Crippen molar-refractivity contribution >= 4 is 23.2 Å². The molecule has 9 heteroatoms. The van der Waals surface area contributed by atoms with Crippen LogP contribution in [0.25, 0.3) is 10.4 Å². The number of aliphatic hydroxyl groups excluding tert-OH is 1. The summed E-state index contributed by atoms with van der Waals surface area (Å²) in [7, 11) is 0. The molecule has 0 unspecified atom stereocenters. The van der Waals surface area contributed by atoms with Gasteiger partial charge in [0.05, 0.1) is 34.3 Å². The van der Waals surface area contributed by atoms with Crippen LogP contribution in [-0.2, 0) is 22.6 Å². The van der Waals surface area contributed by atoms with Gasteiger partial charge in [0.1, 0.15) is 11.8 Å². The summed E-state index contributed by atoms with van der Waals surface area (Å²) in [5.74, 6) is -0.105. The number of carbonyl (C=O) groups is 2. The maximum Gasteiger partial charge on any atom is 0.243 e. The maximum absolute atomic E-state index is 12.8. The lowest BCUT2D eigenvalue weighted by atomic mass is 10.1. The van der Waals surface area contributed by atoms with Crippen molar-refractivity contribution in [1.29, 1.82) is 0 Å². The average molecular weight is 441 g/mol. The van der Waals surface area contributed by atoms with Crippen LogP contribution in [-0.4, -0.2) is 50.7 Å². The minimum Gasteiger partial charge on any atom is -0.391 e. The molecule has 3 aromatic rings. The standard InChI is InChI=1S/C22H24N4O4S/c1-13-6-18(30-25-13)9-20(28)26-11-17(27)8-19(26)22(29)23-10-15-4-3-5-16(7-15)21-14(2)24-12-31-21/h3-7,12,17,19,27H,8-11H2,1-2H3,(H,23,29)/t17-,19+/m1/s1. The lowest BCUT2D eigenvalue weighted by molar-refractivity contribution is -0.138. The minimum atomic E-state index is -0.728. The Morgan fingerprint density at radius 3 is 2.87 bits per heavy atom. The summed E-state index contributed by atoms with van der Waals surface area (Å²) in [5, 5.41) is 16.8. The van der Waals surface area contributed by atoms with Crippen LogP contribution in [0.4, 0.5) is 0 Å². The van der Waals surface area contributed by atoms with Crippen LogP contribution >= 0.6 is 11.3 Å². The normalized spacial score (nSPS) is 18.4. The van der Waals surface area contributed by atoms with E-state index in [4.69, 9.17) is 4.52 Å². The molecule has 0 aliphatic carbocycles. The van der Waals surface area contributed by atoms with Crippen LogP contribution in [0.3, 0.4) is 0 Å². The van der Waals surface area contributed by atoms with Crippen molar-refractivity contribution in [3.8, 4) is 10.4 Å². The van der Waals surface area contributed by atoms with Crippen molar-refractivity contribution < 1.29 is 19.2 Å². The molecule has 1 aliphatic rings. The number of benzene rings is 1. The molecule has 2 amide bonds. The van der Waals surface area contributed by atoms with Crippen LogP contribution in [0.2, 0.25) is 0 Å². The van der Waals surface area contributed by atoms with E-state index in [0.29, 0.717) is 18.0 Å². The molecule has 162 valence electrons. The van der Waals surface area contributed by atoms with E-state index in [1.54, 1.807) is 24.3 Å². The second-order valence-electron chi connectivity index (χ2n) is 7.75. The Morgan fingerprint density at radius 1 is 1.32 bits per heavy atom. The molecule has 4 rings (SSSR count). The van der Waals surface area contributed by atoms with Gasteiger partial charge in [-0.05, 0) is 31.0 Å². The van der Waals surface area contributed by atoms with Gasteiger partial charge in [-0.15, -0.1) is 11.3 Å². The van der Waals surface area contributed by atoms with Gasteiger partial charge >= 0.3 is 0 Å². The SMILES string of the molecule is Cc1cc(CC(=O)N2C[C@H](O)C[C@H]2C(=O)NCc2cccc(-c3scnc3C)c2)on1. The third-order valence-electron chi connectivity index (χ3n) is 5.31. The highest BCUT2D eigenvalue weighted by Crippen LogP contribution is 2.27. The van der Waals surface area contributed by atoms with Gasteiger partial charge in [-0.3, -0.25) is 9.59 Å². The summed E-state index contributed by atoms with van der Waals surface area (Å²) in [6, 6.07) is 8.92. The van der Waals surface area contributed by atoms with E-state index >= 15 is 0 Å². The fourth-order valence-corrected chi connectivity index (χ4v) is 4.60. The van der Waals surface area contributed by atoms with Gasteiger partial charge in [-0.25, -0.2) is 4.98 Å². The number of thiazole rings is 1. The number of rotatable bonds is 6. The van der Waals surface area contributed by atoms with Crippen LogP contribution in [0.5, 0.6) is 0 Å². The smallest absolute Gasteiger partial charge is 0.243 e. The van der Waals surface area contributed by atoms with E-state index in [0.717, 1.165) is 21.7 Å². The van der Waals surface area contributed by atoms with E-state index < -0.39 is 12.1 Å². The molecule has 1 saturated heterocycles. The van der Waals surface area contributed by atoms with Crippen LogP contribution in [0, 0.1) is 13.8 Å². The molecular formula is C22H24N4O4S. The summed E-state index contributed by atoms with van der Waals surface area (Å²) in [6.07, 6.45) is -0.505. The summed E-state index contributed by atoms with van der Waals surface area (Å²) in [6.45, 7) is 4.21. The lowest BCUT2D eigenvalue weighted by Gasteiger charge is -2.23. The first kappa shape index (κ1) is 21.2. The zero-order valence-corrected chi connectivity index (χ0v) is 18.2. The molecule has 8 nitrogen and oxygen atoms in total. The van der Waals surface area contributed by atoms with E-state index in [1.807, 2.05) is 36.7 Å². The second kappa shape index (κ2) is 8.99. The fraction of sp³-hybridized carbons (Fsp3) is 0.364. The number of hydrogen-bond donors (Lipinski definition) is 2. The first-order valence-corrected chi connectivity index (χ1v) is 11.0. The van der Waals surface area contributed by atoms with Crippen molar-refractivity contribution in [2.45, 2.75) is 45.4 Å². The molecule has 0 spiro atoms. The Kier molecular flexibility index (Phi) is 6.15. The van der Waals surface area contributed by atoms with Crippen molar-refractivity contribution in [2.75, 3.05) is 6.54 Å². The Morgan fingerprint density at radius 2 is 2.16 bits per heavy atom. The molecule has 2 N–H and O–H groups in total. The number of aromatic nitrogens is 2. The molecule has 0 saturated carbocycles. The summed E-state index contributed by atoms with van der Waals surface area (Å²) >= 11 is 1.58. The number of amides is 2. The van der Waals surface area contributed by atoms with Crippen LogP contribution in [0.15, 0.2) is 40.4 Å². The molecule has 1 aromatic carbocycles. The number of carbonyl (C=O) groups excluding carboxylic acids is 2. The van der Waals surface area contributed by atoms with Gasteiger partial charge < -0.3 is 19.8 Å². The average Bonchev–Trinajstić information content (AvgIpc) is 3.46. The van der Waals surface area contributed by atoms with Gasteiger partial charge in [0.15, 0.2) is 0 Å². The Labute approximate surface area is 183 Å². The number of aliphatic hydroxyl groups is 1. The molecule has 3 heterocycles. The van der Waals surface area contributed by atoms with Gasteiger partial charge in [0, 0.05) is 25.6 Å². The van der Waals surface area contributed by atoms with Crippen LogP contribution in [0.1, 0.15) is 29.1 Å². The largest absolute Gasteiger partial charge is 0.391 e. The predicted octanol–water partition coefficient (Wildman–Crippen LogP) is 2.24. The predicted molar refractivity (Wildman–Crippen MR) is 115 cm³/mol. The first-order valence-electron chi connectivity index (χ1n) is 10.1. The Hall–Kier alpha value is -3.04. The van der Waals surface area contributed by atoms with E-state index in [2.05, 4.69) is 15.5 Å². The molecule has 1 aliphatic heterocycles. The lowest BCUT2D eigenvalue weighted by Crippen LogP contribution is -2.46. The molecule has 0 radical (unpaired) electrons. The first-order chi connectivity index (χ1) is 14.9. The van der Waals surface area contributed by atoms with E-state index in [9.17, 15) is 14.7 Å². The van der Waals surface area contributed by atoms with Crippen molar-refractivity contribution in [2.24, 2.45) is 0 Å². The number of β-amino-alcohol motifs (C(OH)–C–C–N with tert-alkyl or cyclic N) is 1. The number of nitrogens with zero attached hydrogens (tertiary/aromatic N) is 3. The van der Waals surface area contributed by atoms with Gasteiger partial charge in [0.25, 0.3) is 0 Å². The van der Waals surface area contributed by atoms with Gasteiger partial charge in [-0.1, -0.05) is 23.4 Å². The molecule has 1 fully saturated rings. The highest BCUT2D eigenvalue weighted by molar-refractivity contribution is 7.13. The Balaban J connectivity index is 1.40. The fourth-order valence-electron chi connectivity index (χ4n) is 3.80. The Bertz CT molecular complexity index is 1090. The molecular weight excluding hydrogens is 416 g/mol. The van der Waals surface area contributed by atoms with E-state index in [1.165, 1.54) is 4.90 Å². The van der Waals surface area contributed by atoms with Gasteiger partial charge in [-0.2, -0.15) is 0 Å². The number of likely N-dealkylation sites (tertiary alicyclic amines) is 1. The second-order valence-corrected chi connectivity index (χ2v) is 8.60. The number of nitrogens with one attached hydrogen (secondary N) is 1. The molecule has 2 atom stereocenters. The minimum absolute atomic E-state index is 0.00753. The van der Waals surface area contributed by atoms with E-state index in [-0.39, 0.29) is 31.2 Å². The topological polar surface area (TPSA) is 109 Å². The zero-order valence-electron chi connectivity index (χ0n) is 17.4. The molecule has 31 heavy (non-hydrogen) atoms. The zero-order chi connectivity index (χ0) is 22.0. The molecule has 0 bridgehead atoms. The summed E-state index contributed by atoms with van der Waals surface area (Å²) < 4.78 is 5.11. The maximum atomic E-state index is 12.8. The van der Waals surface area contributed by atoms with Crippen LogP contribution < -0.4 is 5.32 Å². The molecule has 2 aromatic heterocycles. The number of aryl methyl sites for hydroxylation is 2.